The lowest BCUT2D eigenvalue weighted by Crippen LogP contribution is -2.35. The summed E-state index contributed by atoms with van der Waals surface area (Å²) in [4.78, 5) is 27.0. The molecular formula is C23H20F3NO4S. The lowest BCUT2D eigenvalue weighted by atomic mass is 9.72. The highest BCUT2D eigenvalue weighted by Gasteiger charge is 2.41. The van der Waals surface area contributed by atoms with Gasteiger partial charge in [0.15, 0.2) is 5.78 Å². The van der Waals surface area contributed by atoms with Crippen molar-refractivity contribution >= 4 is 23.1 Å². The topological polar surface area (TPSA) is 64.6 Å². The van der Waals surface area contributed by atoms with Crippen LogP contribution in [-0.2, 0) is 14.3 Å². The number of benzene rings is 1. The van der Waals surface area contributed by atoms with E-state index in [0.29, 0.717) is 29.7 Å². The summed E-state index contributed by atoms with van der Waals surface area (Å²) >= 11 is 1.59. The maximum Gasteiger partial charge on any atom is 0.573 e. The number of thiophene rings is 1. The van der Waals surface area contributed by atoms with Crippen molar-refractivity contribution in [2.75, 3.05) is 7.11 Å². The zero-order chi connectivity index (χ0) is 23.0. The average Bonchev–Trinajstić information content (AvgIpc) is 3.26. The Kier molecular flexibility index (Phi) is 5.85. The standard InChI is InChI=1S/C23H20F3NO4S/c1-12-19(22(29)30-2)20(13-5-7-15(8-6-13)31-23(24,25)26)21-16(27-12)10-14(11-17(21)28)18-4-3-9-32-18/h3-9,14,20,27H,10-11H2,1-2H3/t14-,20-/m0/s1. The summed E-state index contributed by atoms with van der Waals surface area (Å²) in [5.41, 5.74) is 2.50. The van der Waals surface area contributed by atoms with Crippen LogP contribution in [0.2, 0.25) is 0 Å². The van der Waals surface area contributed by atoms with Crippen molar-refractivity contribution in [3.05, 3.63) is 74.8 Å². The summed E-state index contributed by atoms with van der Waals surface area (Å²) in [6.45, 7) is 1.73. The van der Waals surface area contributed by atoms with Crippen molar-refractivity contribution < 1.29 is 32.2 Å². The highest BCUT2D eigenvalue weighted by atomic mass is 32.1. The minimum absolute atomic E-state index is 0.0319. The largest absolute Gasteiger partial charge is 0.573 e. The fraction of sp³-hybridized carbons (Fsp3) is 0.304. The zero-order valence-corrected chi connectivity index (χ0v) is 18.1. The Morgan fingerprint density at radius 3 is 2.47 bits per heavy atom. The number of carbonyl (C=O) groups excluding carboxylic acids is 2. The molecule has 0 radical (unpaired) electrons. The van der Waals surface area contributed by atoms with Crippen LogP contribution in [0.5, 0.6) is 5.75 Å². The van der Waals surface area contributed by atoms with Crippen molar-refractivity contribution in [2.45, 2.75) is 38.0 Å². The minimum atomic E-state index is -4.81. The molecule has 1 aliphatic heterocycles. The third-order valence-electron chi connectivity index (χ3n) is 5.63. The van der Waals surface area contributed by atoms with Gasteiger partial charge in [0.1, 0.15) is 5.75 Å². The van der Waals surface area contributed by atoms with E-state index in [1.807, 2.05) is 17.5 Å². The number of Topliss-reactive ketones (excluding diaryl/α,β-unsaturated/α-hetero) is 1. The van der Waals surface area contributed by atoms with Gasteiger partial charge in [0.25, 0.3) is 0 Å². The number of rotatable bonds is 4. The highest BCUT2D eigenvalue weighted by molar-refractivity contribution is 7.10. The van der Waals surface area contributed by atoms with Crippen LogP contribution < -0.4 is 10.1 Å². The quantitative estimate of drug-likeness (QED) is 0.633. The Morgan fingerprint density at radius 1 is 1.16 bits per heavy atom. The monoisotopic (exact) mass is 463 g/mol. The van der Waals surface area contributed by atoms with Crippen LogP contribution in [0.1, 0.15) is 42.0 Å². The Hall–Kier alpha value is -3.07. The predicted molar refractivity (Wildman–Crippen MR) is 112 cm³/mol. The number of nitrogens with one attached hydrogen (secondary N) is 1. The van der Waals surface area contributed by atoms with Crippen molar-refractivity contribution in [1.82, 2.24) is 5.32 Å². The number of alkyl halides is 3. The van der Waals surface area contributed by atoms with Crippen molar-refractivity contribution in [1.29, 1.82) is 0 Å². The molecule has 0 bridgehead atoms. The van der Waals surface area contributed by atoms with Crippen LogP contribution in [0.3, 0.4) is 0 Å². The third kappa shape index (κ3) is 4.29. The zero-order valence-electron chi connectivity index (χ0n) is 17.3. The molecule has 0 amide bonds. The highest BCUT2D eigenvalue weighted by Crippen LogP contribution is 2.46. The lowest BCUT2D eigenvalue weighted by Gasteiger charge is -2.36. The van der Waals surface area contributed by atoms with E-state index < -0.39 is 18.2 Å². The average molecular weight is 463 g/mol. The van der Waals surface area contributed by atoms with E-state index in [1.165, 1.54) is 31.4 Å². The van der Waals surface area contributed by atoms with Gasteiger partial charge in [-0.15, -0.1) is 24.5 Å². The molecule has 0 unspecified atom stereocenters. The first kappa shape index (κ1) is 22.1. The van der Waals surface area contributed by atoms with Crippen molar-refractivity contribution in [3.8, 4) is 5.75 Å². The molecule has 2 aromatic rings. The molecule has 2 aliphatic rings. The van der Waals surface area contributed by atoms with E-state index >= 15 is 0 Å². The van der Waals surface area contributed by atoms with Crippen LogP contribution in [0.15, 0.2) is 64.3 Å². The fourth-order valence-corrected chi connectivity index (χ4v) is 5.17. The van der Waals surface area contributed by atoms with Gasteiger partial charge in [-0.05, 0) is 42.5 Å². The number of esters is 1. The molecular weight excluding hydrogens is 443 g/mol. The Morgan fingerprint density at radius 2 is 1.88 bits per heavy atom. The summed E-state index contributed by atoms with van der Waals surface area (Å²) in [5.74, 6) is -1.79. The van der Waals surface area contributed by atoms with Crippen molar-refractivity contribution in [2.24, 2.45) is 0 Å². The van der Waals surface area contributed by atoms with E-state index in [4.69, 9.17) is 4.74 Å². The van der Waals surface area contributed by atoms with E-state index in [1.54, 1.807) is 18.3 Å². The minimum Gasteiger partial charge on any atom is -0.466 e. The van der Waals surface area contributed by atoms with Crippen LogP contribution >= 0.6 is 11.3 Å². The fourth-order valence-electron chi connectivity index (χ4n) is 4.34. The first-order valence-corrected chi connectivity index (χ1v) is 10.8. The first-order chi connectivity index (χ1) is 15.2. The van der Waals surface area contributed by atoms with Gasteiger partial charge in [0, 0.05) is 40.1 Å². The predicted octanol–water partition coefficient (Wildman–Crippen LogP) is 5.18. The number of halogens is 3. The van der Waals surface area contributed by atoms with Gasteiger partial charge < -0.3 is 14.8 Å². The maximum absolute atomic E-state index is 13.3. The maximum atomic E-state index is 13.3. The molecule has 2 heterocycles. The lowest BCUT2D eigenvalue weighted by molar-refractivity contribution is -0.274. The summed E-state index contributed by atoms with van der Waals surface area (Å²) in [6.07, 6.45) is -3.92. The number of methoxy groups -OCH3 is 1. The second-order valence-corrected chi connectivity index (χ2v) is 8.62. The van der Waals surface area contributed by atoms with Gasteiger partial charge in [0.2, 0.25) is 0 Å². The van der Waals surface area contributed by atoms with E-state index in [2.05, 4.69) is 10.1 Å². The Bertz CT molecular complexity index is 1100. The molecule has 1 aromatic heterocycles. The normalized spacial score (nSPS) is 21.2. The summed E-state index contributed by atoms with van der Waals surface area (Å²) in [7, 11) is 1.25. The van der Waals surface area contributed by atoms with Gasteiger partial charge in [-0.3, -0.25) is 4.79 Å². The molecule has 0 spiro atoms. The number of ketones is 1. The molecule has 5 nitrogen and oxygen atoms in total. The van der Waals surface area contributed by atoms with Crippen LogP contribution in [0, 0.1) is 0 Å². The van der Waals surface area contributed by atoms with Crippen LogP contribution in [0.4, 0.5) is 13.2 Å². The smallest absolute Gasteiger partial charge is 0.466 e. The van der Waals surface area contributed by atoms with Crippen LogP contribution in [-0.4, -0.2) is 25.2 Å². The first-order valence-electron chi connectivity index (χ1n) is 9.89. The molecule has 0 fully saturated rings. The summed E-state index contributed by atoms with van der Waals surface area (Å²) in [5, 5.41) is 5.18. The van der Waals surface area contributed by atoms with E-state index in [9.17, 15) is 22.8 Å². The van der Waals surface area contributed by atoms with E-state index in [-0.39, 0.29) is 23.0 Å². The van der Waals surface area contributed by atoms with Gasteiger partial charge in [-0.25, -0.2) is 4.79 Å². The molecule has 0 saturated heterocycles. The molecule has 9 heteroatoms. The number of carbonyl (C=O) groups is 2. The molecule has 1 aromatic carbocycles. The van der Waals surface area contributed by atoms with Gasteiger partial charge in [-0.2, -0.15) is 0 Å². The number of allylic oxidation sites excluding steroid dienone is 3. The van der Waals surface area contributed by atoms with Crippen molar-refractivity contribution in [3.63, 3.8) is 0 Å². The van der Waals surface area contributed by atoms with Gasteiger partial charge in [-0.1, -0.05) is 18.2 Å². The number of hydrogen-bond acceptors (Lipinski definition) is 6. The number of ether oxygens (including phenoxy) is 2. The number of dihydropyridines is 1. The molecule has 168 valence electrons. The third-order valence-corrected chi connectivity index (χ3v) is 6.66. The number of hydrogen-bond donors (Lipinski definition) is 1. The molecule has 0 saturated carbocycles. The van der Waals surface area contributed by atoms with E-state index in [0.717, 1.165) is 10.6 Å². The molecule has 2 atom stereocenters. The summed E-state index contributed by atoms with van der Waals surface area (Å²) in [6, 6.07) is 9.17. The molecule has 1 N–H and O–H groups in total. The Labute approximate surface area is 186 Å². The van der Waals surface area contributed by atoms with Gasteiger partial charge in [0.05, 0.1) is 12.7 Å². The second kappa shape index (κ2) is 8.46. The SMILES string of the molecule is COC(=O)C1=C(C)NC2=C(C(=O)C[C@@H](c3cccs3)C2)[C@H]1c1ccc(OC(F)(F)F)cc1. The molecule has 1 aliphatic carbocycles. The van der Waals surface area contributed by atoms with Crippen LogP contribution in [0.25, 0.3) is 0 Å². The Balaban J connectivity index is 1.76. The summed E-state index contributed by atoms with van der Waals surface area (Å²) < 4.78 is 46.5. The molecule has 32 heavy (non-hydrogen) atoms. The van der Waals surface area contributed by atoms with Gasteiger partial charge >= 0.3 is 12.3 Å². The molecule has 4 rings (SSSR count). The second-order valence-electron chi connectivity index (χ2n) is 7.64.